The number of alkyl carbamates (subject to hydrolysis) is 2. The number of hydrogen-bond donors (Lipinski definition) is 6. The van der Waals surface area contributed by atoms with E-state index in [4.69, 9.17) is 31.2 Å². The molecule has 2 aromatic carbocycles. The molecule has 6 N–H and O–H groups in total. The normalized spacial score (nSPS) is 12.1. The van der Waals surface area contributed by atoms with Gasteiger partial charge in [0.25, 0.3) is 5.91 Å². The second-order valence-electron chi connectivity index (χ2n) is 15.9. The Bertz CT molecular complexity index is 1600. The predicted octanol–water partition coefficient (Wildman–Crippen LogP) is 5.79. The number of nitrogens with one attached hydrogen (secondary N) is 6. The molecule has 2 rings (SSSR count). The minimum atomic E-state index is -0.853. The van der Waals surface area contributed by atoms with Crippen molar-refractivity contribution in [2.45, 2.75) is 104 Å². The smallest absolute Gasteiger partial charge is 0.408 e. The number of ether oxygens (including phenoxy) is 4. The molecule has 0 aliphatic rings. The molecule has 0 saturated heterocycles. The van der Waals surface area contributed by atoms with Crippen molar-refractivity contribution in [2.24, 2.45) is 0 Å². The SMILES string of the molecule is CC(C)(C)OC(=O)NCCCC[C@H](NC(=O)OC(C)(C)C)C(=O)NCCOCCOCC(=O)Nc1ccc(NC(=S)NC(=O)c2ccc(C(C)(C)C)cc2)cc1. The van der Waals surface area contributed by atoms with Crippen LogP contribution in [0, 0.1) is 0 Å². The lowest BCUT2D eigenvalue weighted by molar-refractivity contribution is -0.124. The summed E-state index contributed by atoms with van der Waals surface area (Å²) in [5.74, 6) is -1.08. The van der Waals surface area contributed by atoms with Gasteiger partial charge in [-0.1, -0.05) is 32.9 Å². The maximum absolute atomic E-state index is 12.9. The summed E-state index contributed by atoms with van der Waals surface area (Å²) in [6, 6.07) is 13.3. The largest absolute Gasteiger partial charge is 0.444 e. The van der Waals surface area contributed by atoms with Crippen molar-refractivity contribution in [3.63, 3.8) is 0 Å². The van der Waals surface area contributed by atoms with Crippen LogP contribution < -0.4 is 31.9 Å². The van der Waals surface area contributed by atoms with Gasteiger partial charge in [0.2, 0.25) is 11.8 Å². The molecule has 1 atom stereocenters. The van der Waals surface area contributed by atoms with Gasteiger partial charge in [-0.25, -0.2) is 9.59 Å². The molecule has 0 aromatic heterocycles. The molecule has 0 saturated carbocycles. The number of carbonyl (C=O) groups excluding carboxylic acids is 5. The Morgan fingerprint density at radius 3 is 1.82 bits per heavy atom. The number of rotatable bonds is 18. The van der Waals surface area contributed by atoms with Crippen molar-refractivity contribution in [3.8, 4) is 0 Å². The highest BCUT2D eigenvalue weighted by Gasteiger charge is 2.24. The number of hydrogen-bond acceptors (Lipinski definition) is 10. The molecule has 0 fully saturated rings. The Labute approximate surface area is 336 Å². The fourth-order valence-corrected chi connectivity index (χ4v) is 4.95. The quantitative estimate of drug-likeness (QED) is 0.0790. The minimum Gasteiger partial charge on any atom is -0.444 e. The number of amides is 5. The molecule has 310 valence electrons. The summed E-state index contributed by atoms with van der Waals surface area (Å²) in [5.41, 5.74) is 1.43. The molecule has 0 aliphatic carbocycles. The predicted molar refractivity (Wildman–Crippen MR) is 220 cm³/mol. The van der Waals surface area contributed by atoms with E-state index in [1.54, 1.807) is 77.9 Å². The molecule has 56 heavy (non-hydrogen) atoms. The zero-order valence-corrected chi connectivity index (χ0v) is 35.0. The number of carbonyl (C=O) groups is 5. The Kier molecular flexibility index (Phi) is 19.2. The van der Waals surface area contributed by atoms with Crippen LogP contribution in [-0.2, 0) is 34.0 Å². The standard InChI is InChI=1S/C40H60N6O9S/c1-38(2,3)28-15-13-27(14-16-28)33(48)46-35(56)44-30-19-17-29(18-20-30)43-32(47)26-53-25-24-52-23-22-41-34(49)31(45-37(51)55-40(7,8)9)12-10-11-21-42-36(50)54-39(4,5)6/h13-20,31H,10-12,21-26H2,1-9H3,(H,41,49)(H,42,50)(H,43,47)(H,45,51)(H2,44,46,48,56)/t31-/m0/s1. The highest BCUT2D eigenvalue weighted by molar-refractivity contribution is 7.80. The molecule has 0 spiro atoms. The molecule has 15 nitrogen and oxygen atoms in total. The van der Waals surface area contributed by atoms with Crippen molar-refractivity contribution >= 4 is 58.6 Å². The van der Waals surface area contributed by atoms with Crippen molar-refractivity contribution in [1.29, 1.82) is 0 Å². The fourth-order valence-electron chi connectivity index (χ4n) is 4.74. The summed E-state index contributed by atoms with van der Waals surface area (Å²) >= 11 is 5.29. The summed E-state index contributed by atoms with van der Waals surface area (Å²) in [5, 5.41) is 16.5. The Morgan fingerprint density at radius 2 is 1.23 bits per heavy atom. The highest BCUT2D eigenvalue weighted by Crippen LogP contribution is 2.22. The summed E-state index contributed by atoms with van der Waals surface area (Å²) in [7, 11) is 0. The van der Waals surface area contributed by atoms with Crippen molar-refractivity contribution in [3.05, 3.63) is 59.7 Å². The van der Waals surface area contributed by atoms with Gasteiger partial charge in [0, 0.05) is 30.0 Å². The molecule has 0 unspecified atom stereocenters. The molecular weight excluding hydrogens is 741 g/mol. The molecule has 0 bridgehead atoms. The molecular formula is C40H60N6O9S. The summed E-state index contributed by atoms with van der Waals surface area (Å²) < 4.78 is 21.4. The van der Waals surface area contributed by atoms with E-state index in [0.29, 0.717) is 42.7 Å². The molecule has 2 aromatic rings. The van der Waals surface area contributed by atoms with Crippen LogP contribution in [0.3, 0.4) is 0 Å². The van der Waals surface area contributed by atoms with Gasteiger partial charge in [0.1, 0.15) is 23.9 Å². The summed E-state index contributed by atoms with van der Waals surface area (Å²) in [6.45, 7) is 17.7. The first kappa shape index (κ1) is 47.4. The van der Waals surface area contributed by atoms with E-state index in [9.17, 15) is 24.0 Å². The van der Waals surface area contributed by atoms with Crippen LogP contribution in [0.15, 0.2) is 48.5 Å². The second-order valence-corrected chi connectivity index (χ2v) is 16.3. The van der Waals surface area contributed by atoms with E-state index >= 15 is 0 Å². The first-order valence-corrected chi connectivity index (χ1v) is 19.0. The monoisotopic (exact) mass is 800 g/mol. The van der Waals surface area contributed by atoms with Crippen LogP contribution in [0.4, 0.5) is 21.0 Å². The first-order valence-electron chi connectivity index (χ1n) is 18.6. The highest BCUT2D eigenvalue weighted by atomic mass is 32.1. The number of unbranched alkanes of at least 4 members (excludes halogenated alkanes) is 1. The number of benzene rings is 2. The van der Waals surface area contributed by atoms with Gasteiger partial charge in [-0.2, -0.15) is 0 Å². The second kappa shape index (κ2) is 22.7. The van der Waals surface area contributed by atoms with E-state index in [0.717, 1.165) is 5.56 Å². The van der Waals surface area contributed by atoms with Gasteiger partial charge < -0.3 is 45.5 Å². The molecule has 0 radical (unpaired) electrons. The van der Waals surface area contributed by atoms with E-state index in [1.807, 2.05) is 12.1 Å². The van der Waals surface area contributed by atoms with Gasteiger partial charge in [0.15, 0.2) is 5.11 Å². The Balaban J connectivity index is 1.65. The topological polar surface area (TPSA) is 194 Å². The third-order valence-corrected chi connectivity index (χ3v) is 7.62. The minimum absolute atomic E-state index is 0.0175. The van der Waals surface area contributed by atoms with Crippen LogP contribution in [0.2, 0.25) is 0 Å². The average Bonchev–Trinajstić information content (AvgIpc) is 3.07. The molecule has 0 aliphatic heterocycles. The zero-order valence-electron chi connectivity index (χ0n) is 34.1. The third kappa shape index (κ3) is 20.8. The van der Waals surface area contributed by atoms with Gasteiger partial charge in [-0.15, -0.1) is 0 Å². The van der Waals surface area contributed by atoms with Gasteiger partial charge >= 0.3 is 12.2 Å². The van der Waals surface area contributed by atoms with E-state index < -0.39 is 35.3 Å². The third-order valence-electron chi connectivity index (χ3n) is 7.41. The summed E-state index contributed by atoms with van der Waals surface area (Å²) in [6.07, 6.45) is 0.193. The van der Waals surface area contributed by atoms with Gasteiger partial charge in [-0.3, -0.25) is 19.7 Å². The van der Waals surface area contributed by atoms with Crippen LogP contribution in [0.25, 0.3) is 0 Å². The van der Waals surface area contributed by atoms with Gasteiger partial charge in [0.05, 0.1) is 19.8 Å². The lowest BCUT2D eigenvalue weighted by atomic mass is 9.87. The van der Waals surface area contributed by atoms with Crippen LogP contribution in [0.1, 0.15) is 97.5 Å². The van der Waals surface area contributed by atoms with Crippen molar-refractivity contribution in [2.75, 3.05) is 50.2 Å². The fraction of sp³-hybridized carbons (Fsp3) is 0.550. The Morgan fingerprint density at radius 1 is 0.661 bits per heavy atom. The average molecular weight is 801 g/mol. The maximum Gasteiger partial charge on any atom is 0.408 e. The number of anilines is 2. The molecule has 0 heterocycles. The molecule has 5 amide bonds. The summed E-state index contributed by atoms with van der Waals surface area (Å²) in [4.78, 5) is 62.1. The van der Waals surface area contributed by atoms with E-state index in [-0.39, 0.29) is 55.3 Å². The molecule has 16 heteroatoms. The van der Waals surface area contributed by atoms with Gasteiger partial charge in [-0.05, 0) is 120 Å². The van der Waals surface area contributed by atoms with E-state index in [1.165, 1.54) is 0 Å². The zero-order chi connectivity index (χ0) is 41.9. The maximum atomic E-state index is 12.9. The van der Waals surface area contributed by atoms with Crippen LogP contribution in [-0.4, -0.2) is 91.8 Å². The van der Waals surface area contributed by atoms with Crippen molar-refractivity contribution < 1.29 is 42.9 Å². The van der Waals surface area contributed by atoms with E-state index in [2.05, 4.69) is 52.7 Å². The number of thiocarbonyl (C=S) groups is 1. The van der Waals surface area contributed by atoms with Crippen molar-refractivity contribution in [1.82, 2.24) is 21.3 Å². The Hall–Kier alpha value is -4.80. The van der Waals surface area contributed by atoms with Crippen LogP contribution in [0.5, 0.6) is 0 Å². The lowest BCUT2D eigenvalue weighted by Crippen LogP contribution is -2.48. The lowest BCUT2D eigenvalue weighted by Gasteiger charge is -2.23. The van der Waals surface area contributed by atoms with Crippen LogP contribution >= 0.6 is 12.2 Å². The first-order chi connectivity index (χ1) is 26.1.